The Hall–Kier alpha value is -2.40. The molecule has 0 saturated carbocycles. The summed E-state index contributed by atoms with van der Waals surface area (Å²) in [6.45, 7) is 0. The van der Waals surface area contributed by atoms with Gasteiger partial charge in [-0.1, -0.05) is 24.3 Å². The minimum atomic E-state index is -4.56. The molecule has 150 valence electrons. The van der Waals surface area contributed by atoms with E-state index < -0.39 is 17.6 Å². The molecule has 3 aromatic carbocycles. The smallest absolute Gasteiger partial charge is 0.418 e. The van der Waals surface area contributed by atoms with Crippen molar-refractivity contribution in [3.8, 4) is 5.75 Å². The number of halogens is 4. The highest BCUT2D eigenvalue weighted by molar-refractivity contribution is 14.1. The number of hydrogen-bond donors (Lipinski definition) is 2. The van der Waals surface area contributed by atoms with Gasteiger partial charge in [0, 0.05) is 3.57 Å². The average molecular weight is 530 g/mol. The number of alkyl halides is 3. The van der Waals surface area contributed by atoms with Gasteiger partial charge >= 0.3 is 6.18 Å². The summed E-state index contributed by atoms with van der Waals surface area (Å²) < 4.78 is 45.5. The van der Waals surface area contributed by atoms with Gasteiger partial charge in [0.1, 0.15) is 5.75 Å². The molecule has 3 rings (SSSR count). The number of rotatable bonds is 3. The van der Waals surface area contributed by atoms with Crippen LogP contribution in [0.1, 0.15) is 15.9 Å². The van der Waals surface area contributed by atoms with Crippen LogP contribution in [0.3, 0.4) is 0 Å². The summed E-state index contributed by atoms with van der Waals surface area (Å²) in [5.41, 5.74) is -0.896. The molecule has 0 radical (unpaired) electrons. The van der Waals surface area contributed by atoms with Gasteiger partial charge in [0.05, 0.1) is 23.9 Å². The van der Waals surface area contributed by atoms with Crippen LogP contribution in [-0.2, 0) is 6.18 Å². The lowest BCUT2D eigenvalue weighted by molar-refractivity contribution is -0.137. The highest BCUT2D eigenvalue weighted by Crippen LogP contribution is 2.35. The number of hydrogen-bond acceptors (Lipinski definition) is 3. The van der Waals surface area contributed by atoms with Gasteiger partial charge in [0.25, 0.3) is 5.91 Å². The minimum absolute atomic E-state index is 0.217. The SMILES string of the molecule is COc1cc2ccccc2cc1C(=O)NC(=S)Nc1ccc(I)cc1C(F)(F)F. The van der Waals surface area contributed by atoms with E-state index in [2.05, 4.69) is 10.6 Å². The topological polar surface area (TPSA) is 50.4 Å². The Balaban J connectivity index is 1.84. The molecule has 0 aliphatic carbocycles. The molecule has 3 aromatic rings. The monoisotopic (exact) mass is 530 g/mol. The van der Waals surface area contributed by atoms with Crippen LogP contribution in [0, 0.1) is 3.57 Å². The summed E-state index contributed by atoms with van der Waals surface area (Å²) in [7, 11) is 1.43. The van der Waals surface area contributed by atoms with Crippen molar-refractivity contribution in [1.82, 2.24) is 5.32 Å². The molecule has 0 aliphatic heterocycles. The number of amides is 1. The van der Waals surface area contributed by atoms with Crippen molar-refractivity contribution in [3.63, 3.8) is 0 Å². The van der Waals surface area contributed by atoms with E-state index in [9.17, 15) is 18.0 Å². The number of thiocarbonyl (C=S) groups is 1. The maximum atomic E-state index is 13.3. The van der Waals surface area contributed by atoms with Crippen molar-refractivity contribution in [2.24, 2.45) is 0 Å². The van der Waals surface area contributed by atoms with Gasteiger partial charge in [-0.3, -0.25) is 10.1 Å². The molecule has 2 N–H and O–H groups in total. The van der Waals surface area contributed by atoms with E-state index in [0.29, 0.717) is 9.32 Å². The Kier molecular flexibility index (Phi) is 6.27. The predicted octanol–water partition coefficient (Wildman–Crippen LogP) is 5.60. The summed E-state index contributed by atoms with van der Waals surface area (Å²) in [6.07, 6.45) is -4.56. The first-order chi connectivity index (χ1) is 13.7. The highest BCUT2D eigenvalue weighted by Gasteiger charge is 2.34. The number of methoxy groups -OCH3 is 1. The number of ether oxygens (including phenoxy) is 1. The molecule has 0 saturated heterocycles. The van der Waals surface area contributed by atoms with E-state index in [1.807, 2.05) is 24.3 Å². The average Bonchev–Trinajstić information content (AvgIpc) is 2.67. The standard InChI is InChI=1S/C20H14F3IN2O2S/c1-28-17-9-12-5-3-2-4-11(12)8-14(17)18(27)26-19(29)25-16-7-6-13(24)10-15(16)20(21,22)23/h2-10H,1H3,(H2,25,26,27,29). The molecule has 1 amide bonds. The Morgan fingerprint density at radius 2 is 1.72 bits per heavy atom. The quantitative estimate of drug-likeness (QED) is 0.342. The molecular formula is C20H14F3IN2O2S. The van der Waals surface area contributed by atoms with Crippen LogP contribution in [0.4, 0.5) is 18.9 Å². The molecule has 0 heterocycles. The van der Waals surface area contributed by atoms with Crippen molar-refractivity contribution >= 4 is 62.3 Å². The van der Waals surface area contributed by atoms with E-state index >= 15 is 0 Å². The van der Waals surface area contributed by atoms with Gasteiger partial charge in [0.2, 0.25) is 0 Å². The van der Waals surface area contributed by atoms with Crippen molar-refractivity contribution in [2.75, 3.05) is 12.4 Å². The molecule has 0 aliphatic rings. The van der Waals surface area contributed by atoms with E-state index in [1.54, 1.807) is 34.7 Å². The molecule has 0 atom stereocenters. The Bertz CT molecular complexity index is 1100. The predicted molar refractivity (Wildman–Crippen MR) is 118 cm³/mol. The second kappa shape index (κ2) is 8.54. The number of carbonyl (C=O) groups is 1. The maximum Gasteiger partial charge on any atom is 0.418 e. The normalized spacial score (nSPS) is 11.2. The molecule has 0 spiro atoms. The summed E-state index contributed by atoms with van der Waals surface area (Å²) in [5.74, 6) is -0.265. The van der Waals surface area contributed by atoms with Crippen molar-refractivity contribution in [2.45, 2.75) is 6.18 Å². The summed E-state index contributed by atoms with van der Waals surface area (Å²) in [5, 5.41) is 6.31. The van der Waals surface area contributed by atoms with Crippen LogP contribution in [0.2, 0.25) is 0 Å². The fourth-order valence-electron chi connectivity index (χ4n) is 2.75. The van der Waals surface area contributed by atoms with Gasteiger partial charge in [0.15, 0.2) is 5.11 Å². The zero-order valence-electron chi connectivity index (χ0n) is 14.9. The van der Waals surface area contributed by atoms with Gasteiger partial charge < -0.3 is 10.1 Å². The zero-order chi connectivity index (χ0) is 21.2. The molecule has 0 bridgehead atoms. The van der Waals surface area contributed by atoms with Crippen molar-refractivity contribution in [1.29, 1.82) is 0 Å². The second-order valence-electron chi connectivity index (χ2n) is 6.00. The Morgan fingerprint density at radius 3 is 2.34 bits per heavy atom. The molecule has 0 aromatic heterocycles. The van der Waals surface area contributed by atoms with Gasteiger partial charge in [-0.15, -0.1) is 0 Å². The third-order valence-corrected chi connectivity index (χ3v) is 4.95. The summed E-state index contributed by atoms with van der Waals surface area (Å²) in [4.78, 5) is 12.7. The van der Waals surface area contributed by atoms with Crippen LogP contribution >= 0.6 is 34.8 Å². The molecule has 0 unspecified atom stereocenters. The first-order valence-corrected chi connectivity index (χ1v) is 9.73. The van der Waals surface area contributed by atoms with E-state index in [-0.39, 0.29) is 16.4 Å². The molecule has 0 fully saturated rings. The molecule has 9 heteroatoms. The van der Waals surface area contributed by atoms with Crippen LogP contribution in [0.15, 0.2) is 54.6 Å². The minimum Gasteiger partial charge on any atom is -0.496 e. The largest absolute Gasteiger partial charge is 0.496 e. The third kappa shape index (κ3) is 4.96. The van der Waals surface area contributed by atoms with Gasteiger partial charge in [-0.25, -0.2) is 0 Å². The van der Waals surface area contributed by atoms with Crippen LogP contribution in [0.25, 0.3) is 10.8 Å². The van der Waals surface area contributed by atoms with E-state index in [4.69, 9.17) is 17.0 Å². The van der Waals surface area contributed by atoms with Crippen LogP contribution in [0.5, 0.6) is 5.75 Å². The van der Waals surface area contributed by atoms with E-state index in [0.717, 1.165) is 16.8 Å². The highest BCUT2D eigenvalue weighted by atomic mass is 127. The Morgan fingerprint density at radius 1 is 1.07 bits per heavy atom. The number of benzene rings is 3. The summed E-state index contributed by atoms with van der Waals surface area (Å²) >= 11 is 6.84. The van der Waals surface area contributed by atoms with Crippen molar-refractivity contribution < 1.29 is 22.7 Å². The Labute approximate surface area is 183 Å². The number of fused-ring (bicyclic) bond motifs is 1. The molecule has 4 nitrogen and oxygen atoms in total. The lowest BCUT2D eigenvalue weighted by atomic mass is 10.1. The van der Waals surface area contributed by atoms with Crippen LogP contribution in [-0.4, -0.2) is 18.1 Å². The lowest BCUT2D eigenvalue weighted by Gasteiger charge is -2.16. The van der Waals surface area contributed by atoms with E-state index in [1.165, 1.54) is 19.2 Å². The van der Waals surface area contributed by atoms with Crippen LogP contribution < -0.4 is 15.4 Å². The van der Waals surface area contributed by atoms with Crippen molar-refractivity contribution in [3.05, 3.63) is 69.3 Å². The first-order valence-electron chi connectivity index (χ1n) is 8.25. The molecular weight excluding hydrogens is 516 g/mol. The fraction of sp³-hybridized carbons (Fsp3) is 0.100. The maximum absolute atomic E-state index is 13.3. The zero-order valence-corrected chi connectivity index (χ0v) is 17.9. The number of carbonyl (C=O) groups excluding carboxylic acids is 1. The molecule has 29 heavy (non-hydrogen) atoms. The number of nitrogens with one attached hydrogen (secondary N) is 2. The van der Waals surface area contributed by atoms with Gasteiger partial charge in [-0.2, -0.15) is 13.2 Å². The first kappa shape index (κ1) is 21.3. The lowest BCUT2D eigenvalue weighted by Crippen LogP contribution is -2.34. The van der Waals surface area contributed by atoms with Gasteiger partial charge in [-0.05, 0) is 75.9 Å². The fourth-order valence-corrected chi connectivity index (χ4v) is 3.44. The number of anilines is 1. The summed E-state index contributed by atoms with van der Waals surface area (Å²) in [6, 6.07) is 14.5. The second-order valence-corrected chi connectivity index (χ2v) is 7.65. The third-order valence-electron chi connectivity index (χ3n) is 4.07.